The van der Waals surface area contributed by atoms with Crippen LogP contribution in [0.15, 0.2) is 12.5 Å². The Morgan fingerprint density at radius 3 is 2.71 bits per heavy atom. The molecule has 2 N–H and O–H groups in total. The SMILES string of the molecule is O=C(O)c1cnc(-c2ncn[nH]2)nc1C(F)F. The van der Waals surface area contributed by atoms with E-state index in [2.05, 4.69) is 25.1 Å². The zero-order chi connectivity index (χ0) is 12.4. The van der Waals surface area contributed by atoms with Gasteiger partial charge in [-0.25, -0.2) is 28.5 Å². The molecule has 0 amide bonds. The molecule has 0 radical (unpaired) electrons. The number of carboxylic acids is 1. The molecule has 0 aliphatic rings. The number of carbonyl (C=O) groups is 1. The van der Waals surface area contributed by atoms with Crippen molar-refractivity contribution in [1.29, 1.82) is 0 Å². The van der Waals surface area contributed by atoms with Gasteiger partial charge in [0, 0.05) is 6.20 Å². The second kappa shape index (κ2) is 4.20. The van der Waals surface area contributed by atoms with Gasteiger partial charge in [-0.2, -0.15) is 5.10 Å². The minimum Gasteiger partial charge on any atom is -0.478 e. The molecule has 2 aromatic rings. The molecule has 0 unspecified atom stereocenters. The summed E-state index contributed by atoms with van der Waals surface area (Å²) in [6, 6.07) is 0. The van der Waals surface area contributed by atoms with Crippen molar-refractivity contribution < 1.29 is 18.7 Å². The summed E-state index contributed by atoms with van der Waals surface area (Å²) in [5, 5.41) is 14.6. The number of aromatic nitrogens is 5. The fourth-order valence-electron chi connectivity index (χ4n) is 1.15. The van der Waals surface area contributed by atoms with Gasteiger partial charge in [-0.05, 0) is 0 Å². The van der Waals surface area contributed by atoms with Gasteiger partial charge in [-0.15, -0.1) is 0 Å². The molecular formula is C8H5F2N5O2. The van der Waals surface area contributed by atoms with Crippen LogP contribution in [0.25, 0.3) is 11.6 Å². The third kappa shape index (κ3) is 2.07. The first kappa shape index (κ1) is 11.0. The Morgan fingerprint density at radius 1 is 1.41 bits per heavy atom. The van der Waals surface area contributed by atoms with Crippen molar-refractivity contribution in [2.45, 2.75) is 6.43 Å². The maximum Gasteiger partial charge on any atom is 0.339 e. The van der Waals surface area contributed by atoms with Crippen molar-refractivity contribution in [3.05, 3.63) is 23.8 Å². The normalized spacial score (nSPS) is 10.8. The highest BCUT2D eigenvalue weighted by Gasteiger charge is 2.22. The van der Waals surface area contributed by atoms with Gasteiger partial charge in [0.05, 0.1) is 0 Å². The van der Waals surface area contributed by atoms with Crippen molar-refractivity contribution in [3.8, 4) is 11.6 Å². The molecule has 17 heavy (non-hydrogen) atoms. The zero-order valence-corrected chi connectivity index (χ0v) is 8.13. The van der Waals surface area contributed by atoms with E-state index >= 15 is 0 Å². The van der Waals surface area contributed by atoms with Crippen LogP contribution in [-0.2, 0) is 0 Å². The summed E-state index contributed by atoms with van der Waals surface area (Å²) in [4.78, 5) is 21.4. The Labute approximate surface area is 92.6 Å². The van der Waals surface area contributed by atoms with Gasteiger partial charge in [0.15, 0.2) is 11.6 Å². The van der Waals surface area contributed by atoms with E-state index in [0.29, 0.717) is 0 Å². The van der Waals surface area contributed by atoms with E-state index in [0.717, 1.165) is 12.5 Å². The van der Waals surface area contributed by atoms with Crippen LogP contribution in [-0.4, -0.2) is 36.2 Å². The van der Waals surface area contributed by atoms with Gasteiger partial charge in [-0.3, -0.25) is 5.10 Å². The van der Waals surface area contributed by atoms with Gasteiger partial charge in [-0.1, -0.05) is 0 Å². The Balaban J connectivity index is 2.53. The van der Waals surface area contributed by atoms with E-state index < -0.39 is 23.7 Å². The van der Waals surface area contributed by atoms with Crippen molar-refractivity contribution in [2.75, 3.05) is 0 Å². The summed E-state index contributed by atoms with van der Waals surface area (Å²) in [5.74, 6) is -1.56. The van der Waals surface area contributed by atoms with E-state index in [1.165, 1.54) is 0 Å². The highest BCUT2D eigenvalue weighted by Crippen LogP contribution is 2.22. The van der Waals surface area contributed by atoms with Crippen LogP contribution in [0.2, 0.25) is 0 Å². The molecule has 0 fully saturated rings. The molecule has 2 heterocycles. The standard InChI is InChI=1S/C8H5F2N5O2/c9-5(10)4-3(8(16)17)1-11-6(14-4)7-12-2-13-15-7/h1-2,5H,(H,16,17)(H,12,13,15). The molecule has 0 saturated carbocycles. The molecule has 2 aromatic heterocycles. The molecule has 0 aromatic carbocycles. The number of rotatable bonds is 3. The quantitative estimate of drug-likeness (QED) is 0.826. The summed E-state index contributed by atoms with van der Waals surface area (Å²) in [7, 11) is 0. The predicted molar refractivity (Wildman–Crippen MR) is 49.3 cm³/mol. The number of hydrogen-bond acceptors (Lipinski definition) is 5. The fraction of sp³-hybridized carbons (Fsp3) is 0.125. The van der Waals surface area contributed by atoms with Crippen molar-refractivity contribution >= 4 is 5.97 Å². The summed E-state index contributed by atoms with van der Waals surface area (Å²) >= 11 is 0. The number of nitrogens with one attached hydrogen (secondary N) is 1. The third-order valence-corrected chi connectivity index (χ3v) is 1.88. The largest absolute Gasteiger partial charge is 0.478 e. The lowest BCUT2D eigenvalue weighted by atomic mass is 10.2. The lowest BCUT2D eigenvalue weighted by molar-refractivity contribution is 0.0681. The fourth-order valence-corrected chi connectivity index (χ4v) is 1.15. The lowest BCUT2D eigenvalue weighted by Gasteiger charge is -2.04. The van der Waals surface area contributed by atoms with Gasteiger partial charge < -0.3 is 5.11 Å². The van der Waals surface area contributed by atoms with E-state index in [4.69, 9.17) is 5.11 Å². The minimum absolute atomic E-state index is 0.0869. The van der Waals surface area contributed by atoms with E-state index in [1.807, 2.05) is 0 Å². The molecule has 0 saturated heterocycles. The summed E-state index contributed by atoms with van der Waals surface area (Å²) < 4.78 is 25.2. The molecule has 9 heteroatoms. The van der Waals surface area contributed by atoms with Crippen LogP contribution in [0.1, 0.15) is 22.5 Å². The highest BCUT2D eigenvalue weighted by molar-refractivity contribution is 5.88. The van der Waals surface area contributed by atoms with Crippen LogP contribution < -0.4 is 0 Å². The van der Waals surface area contributed by atoms with Crippen LogP contribution in [0, 0.1) is 0 Å². The smallest absolute Gasteiger partial charge is 0.339 e. The van der Waals surface area contributed by atoms with E-state index in [1.54, 1.807) is 0 Å². The van der Waals surface area contributed by atoms with Crippen molar-refractivity contribution in [3.63, 3.8) is 0 Å². The zero-order valence-electron chi connectivity index (χ0n) is 8.13. The number of carboxylic acid groups (broad SMARTS) is 1. The Bertz CT molecular complexity index is 543. The third-order valence-electron chi connectivity index (χ3n) is 1.88. The second-order valence-electron chi connectivity index (χ2n) is 2.93. The first-order valence-corrected chi connectivity index (χ1v) is 4.33. The second-order valence-corrected chi connectivity index (χ2v) is 2.93. The van der Waals surface area contributed by atoms with Crippen LogP contribution in [0.4, 0.5) is 8.78 Å². The molecule has 0 bridgehead atoms. The number of alkyl halides is 2. The Hall–Kier alpha value is -2.45. The van der Waals surface area contributed by atoms with Gasteiger partial charge in [0.1, 0.15) is 17.6 Å². The van der Waals surface area contributed by atoms with Gasteiger partial charge in [0.2, 0.25) is 0 Å². The molecule has 2 rings (SSSR count). The number of H-pyrrole nitrogens is 1. The molecule has 7 nitrogen and oxygen atoms in total. The van der Waals surface area contributed by atoms with Crippen LogP contribution in [0.3, 0.4) is 0 Å². The van der Waals surface area contributed by atoms with Gasteiger partial charge >= 0.3 is 5.97 Å². The summed E-state index contributed by atoms with van der Waals surface area (Å²) in [6.45, 7) is 0. The van der Waals surface area contributed by atoms with E-state index in [9.17, 15) is 13.6 Å². The van der Waals surface area contributed by atoms with Crippen LogP contribution in [0.5, 0.6) is 0 Å². The average molecular weight is 241 g/mol. The first-order chi connectivity index (χ1) is 8.09. The van der Waals surface area contributed by atoms with E-state index in [-0.39, 0.29) is 11.6 Å². The minimum atomic E-state index is -3.01. The molecular weight excluding hydrogens is 236 g/mol. The molecule has 0 aliphatic heterocycles. The predicted octanol–water partition coefficient (Wildman–Crippen LogP) is 0.897. The topological polar surface area (TPSA) is 105 Å². The number of aromatic carboxylic acids is 1. The molecule has 0 aliphatic carbocycles. The number of halogens is 2. The Morgan fingerprint density at radius 2 is 2.18 bits per heavy atom. The summed E-state index contributed by atoms with van der Waals surface area (Å²) in [6.07, 6.45) is -1.04. The molecule has 88 valence electrons. The Kier molecular flexibility index (Phi) is 2.73. The monoisotopic (exact) mass is 241 g/mol. The van der Waals surface area contributed by atoms with Crippen molar-refractivity contribution in [2.24, 2.45) is 0 Å². The number of aromatic amines is 1. The summed E-state index contributed by atoms with van der Waals surface area (Å²) in [5.41, 5.74) is -1.48. The molecule has 0 spiro atoms. The number of nitrogens with zero attached hydrogens (tertiary/aromatic N) is 4. The van der Waals surface area contributed by atoms with Crippen LogP contribution >= 0.6 is 0 Å². The first-order valence-electron chi connectivity index (χ1n) is 4.33. The molecule has 0 atom stereocenters. The van der Waals surface area contributed by atoms with Crippen molar-refractivity contribution in [1.82, 2.24) is 25.1 Å². The lowest BCUT2D eigenvalue weighted by Crippen LogP contribution is -2.08. The highest BCUT2D eigenvalue weighted by atomic mass is 19.3. The van der Waals surface area contributed by atoms with Gasteiger partial charge in [0.25, 0.3) is 6.43 Å². The maximum absolute atomic E-state index is 12.6. The maximum atomic E-state index is 12.6. The average Bonchev–Trinajstić information content (AvgIpc) is 2.81. The number of hydrogen-bond donors (Lipinski definition) is 2.